The molecule has 0 aromatic heterocycles. The number of hydrogen-bond donors (Lipinski definition) is 2. The van der Waals surface area contributed by atoms with E-state index in [1.54, 1.807) is 18.2 Å². The predicted octanol–water partition coefficient (Wildman–Crippen LogP) is 4.58. The summed E-state index contributed by atoms with van der Waals surface area (Å²) in [6, 6.07) is 21.3. The van der Waals surface area contributed by atoms with Crippen LogP contribution in [0.2, 0.25) is 0 Å². The SMILES string of the molecule is Cc1ccc(C#CCNC(=O)OCC2c3ccccc3-c3ccccc32)c(C(=O)O)c1. The van der Waals surface area contributed by atoms with Crippen molar-refractivity contribution in [3.63, 3.8) is 0 Å². The Morgan fingerprint density at radius 1 is 1.00 bits per heavy atom. The topological polar surface area (TPSA) is 75.6 Å². The van der Waals surface area contributed by atoms with Crippen LogP contribution in [0.1, 0.15) is 38.5 Å². The fourth-order valence-corrected chi connectivity index (χ4v) is 3.85. The number of carboxylic acids is 1. The summed E-state index contributed by atoms with van der Waals surface area (Å²) in [5, 5.41) is 11.9. The Kier molecular flexibility index (Phi) is 5.72. The molecule has 0 saturated heterocycles. The summed E-state index contributed by atoms with van der Waals surface area (Å²) in [6.07, 6.45) is -0.557. The van der Waals surface area contributed by atoms with E-state index in [0.29, 0.717) is 5.56 Å². The molecule has 5 heteroatoms. The first-order valence-electron chi connectivity index (χ1n) is 9.96. The van der Waals surface area contributed by atoms with E-state index in [9.17, 15) is 14.7 Å². The molecule has 3 aromatic carbocycles. The number of carbonyl (C=O) groups excluding carboxylic acids is 1. The first-order valence-corrected chi connectivity index (χ1v) is 9.96. The second kappa shape index (κ2) is 8.76. The summed E-state index contributed by atoms with van der Waals surface area (Å²) in [7, 11) is 0. The maximum Gasteiger partial charge on any atom is 0.407 e. The third-order valence-corrected chi connectivity index (χ3v) is 5.29. The zero-order valence-electron chi connectivity index (χ0n) is 17.0. The van der Waals surface area contributed by atoms with E-state index in [0.717, 1.165) is 16.7 Å². The summed E-state index contributed by atoms with van der Waals surface area (Å²) in [6.45, 7) is 2.11. The van der Waals surface area contributed by atoms with Crippen LogP contribution in [0.15, 0.2) is 66.7 Å². The molecule has 0 fully saturated rings. The highest BCUT2D eigenvalue weighted by atomic mass is 16.5. The standard InChI is InChI=1S/C26H21NO4/c1-17-12-13-18(23(15-17)25(28)29)7-6-14-27-26(30)31-16-24-21-10-4-2-8-19(21)20-9-3-5-11-22(20)24/h2-5,8-13,15,24H,14,16H2,1H3,(H,27,30)(H,28,29). The van der Waals surface area contributed by atoms with Gasteiger partial charge in [-0.25, -0.2) is 9.59 Å². The number of nitrogens with one attached hydrogen (secondary N) is 1. The van der Waals surface area contributed by atoms with E-state index in [1.807, 2.05) is 31.2 Å². The number of carbonyl (C=O) groups is 2. The van der Waals surface area contributed by atoms with Crippen LogP contribution >= 0.6 is 0 Å². The summed E-state index contributed by atoms with van der Waals surface area (Å²) in [5.41, 5.74) is 6.05. The van der Waals surface area contributed by atoms with Crippen LogP contribution in [0.3, 0.4) is 0 Å². The molecule has 154 valence electrons. The molecule has 0 saturated carbocycles. The molecular formula is C26H21NO4. The van der Waals surface area contributed by atoms with Crippen molar-refractivity contribution in [2.75, 3.05) is 13.2 Å². The minimum Gasteiger partial charge on any atom is -0.478 e. The van der Waals surface area contributed by atoms with E-state index in [1.165, 1.54) is 11.1 Å². The normalized spacial score (nSPS) is 11.6. The predicted molar refractivity (Wildman–Crippen MR) is 118 cm³/mol. The van der Waals surface area contributed by atoms with Gasteiger partial charge in [-0.1, -0.05) is 72.0 Å². The van der Waals surface area contributed by atoms with E-state index >= 15 is 0 Å². The number of benzene rings is 3. The minimum atomic E-state index is -1.03. The molecule has 31 heavy (non-hydrogen) atoms. The fraction of sp³-hybridized carbons (Fsp3) is 0.154. The van der Waals surface area contributed by atoms with Crippen molar-refractivity contribution in [3.05, 3.63) is 94.5 Å². The lowest BCUT2D eigenvalue weighted by Crippen LogP contribution is -2.26. The number of ether oxygens (including phenoxy) is 1. The highest BCUT2D eigenvalue weighted by molar-refractivity contribution is 5.91. The van der Waals surface area contributed by atoms with Crippen LogP contribution in [0.5, 0.6) is 0 Å². The molecule has 4 rings (SSSR count). The highest BCUT2D eigenvalue weighted by Crippen LogP contribution is 2.44. The number of fused-ring (bicyclic) bond motifs is 3. The summed E-state index contributed by atoms with van der Waals surface area (Å²) in [5.74, 6) is 4.55. The molecular weight excluding hydrogens is 390 g/mol. The maximum atomic E-state index is 12.2. The minimum absolute atomic E-state index is 0.00471. The Morgan fingerprint density at radius 2 is 1.65 bits per heavy atom. The number of alkyl carbamates (subject to hydrolysis) is 1. The van der Waals surface area contributed by atoms with Gasteiger partial charge in [-0.2, -0.15) is 0 Å². The third kappa shape index (κ3) is 4.29. The fourth-order valence-electron chi connectivity index (χ4n) is 3.85. The van der Waals surface area contributed by atoms with Gasteiger partial charge in [0.15, 0.2) is 0 Å². The molecule has 1 amide bonds. The third-order valence-electron chi connectivity index (χ3n) is 5.29. The quantitative estimate of drug-likeness (QED) is 0.616. The van der Waals surface area contributed by atoms with Gasteiger partial charge >= 0.3 is 12.1 Å². The molecule has 0 spiro atoms. The monoisotopic (exact) mass is 411 g/mol. The second-order valence-corrected chi connectivity index (χ2v) is 7.34. The number of carboxylic acid groups (broad SMARTS) is 1. The first kappa shape index (κ1) is 20.2. The summed E-state index contributed by atoms with van der Waals surface area (Å²) < 4.78 is 5.46. The molecule has 2 N–H and O–H groups in total. The molecule has 0 unspecified atom stereocenters. The van der Waals surface area contributed by atoms with Gasteiger partial charge in [0.2, 0.25) is 0 Å². The Morgan fingerprint density at radius 3 is 2.29 bits per heavy atom. The van der Waals surface area contributed by atoms with Gasteiger partial charge in [0, 0.05) is 11.5 Å². The van der Waals surface area contributed by atoms with Crippen LogP contribution in [-0.2, 0) is 4.74 Å². The molecule has 0 radical (unpaired) electrons. The molecule has 0 atom stereocenters. The number of rotatable bonds is 4. The van der Waals surface area contributed by atoms with Crippen LogP contribution < -0.4 is 5.32 Å². The zero-order valence-corrected chi connectivity index (χ0v) is 17.0. The number of aryl methyl sites for hydroxylation is 1. The molecule has 3 aromatic rings. The Labute approximate surface area is 180 Å². The molecule has 0 aliphatic heterocycles. The van der Waals surface area contributed by atoms with Gasteiger partial charge in [0.05, 0.1) is 12.1 Å². The van der Waals surface area contributed by atoms with Crippen molar-refractivity contribution in [3.8, 4) is 23.0 Å². The number of aromatic carboxylic acids is 1. The Bertz CT molecular complexity index is 1170. The van der Waals surface area contributed by atoms with Gasteiger partial charge in [0.25, 0.3) is 0 Å². The van der Waals surface area contributed by atoms with Gasteiger partial charge in [-0.15, -0.1) is 0 Å². The largest absolute Gasteiger partial charge is 0.478 e. The first-order chi connectivity index (χ1) is 15.0. The zero-order chi connectivity index (χ0) is 21.8. The van der Waals surface area contributed by atoms with Crippen molar-refractivity contribution in [2.45, 2.75) is 12.8 Å². The number of amides is 1. The molecule has 1 aliphatic rings. The average Bonchev–Trinajstić information content (AvgIpc) is 3.10. The van der Waals surface area contributed by atoms with Gasteiger partial charge in [-0.3, -0.25) is 0 Å². The summed E-state index contributed by atoms with van der Waals surface area (Å²) in [4.78, 5) is 23.5. The lowest BCUT2D eigenvalue weighted by Gasteiger charge is -2.14. The van der Waals surface area contributed by atoms with Crippen LogP contribution in [0, 0.1) is 18.8 Å². The van der Waals surface area contributed by atoms with Crippen molar-refractivity contribution >= 4 is 12.1 Å². The van der Waals surface area contributed by atoms with Gasteiger partial charge in [0.1, 0.15) is 6.61 Å². The van der Waals surface area contributed by atoms with Crippen LogP contribution in [0.4, 0.5) is 4.79 Å². The second-order valence-electron chi connectivity index (χ2n) is 7.34. The number of hydrogen-bond acceptors (Lipinski definition) is 3. The molecule has 5 nitrogen and oxygen atoms in total. The van der Waals surface area contributed by atoms with E-state index in [-0.39, 0.29) is 24.6 Å². The highest BCUT2D eigenvalue weighted by Gasteiger charge is 2.28. The van der Waals surface area contributed by atoms with Gasteiger partial charge < -0.3 is 15.2 Å². The van der Waals surface area contributed by atoms with E-state index in [2.05, 4.69) is 41.4 Å². The van der Waals surface area contributed by atoms with Crippen LogP contribution in [0.25, 0.3) is 11.1 Å². The molecule has 1 aliphatic carbocycles. The smallest absolute Gasteiger partial charge is 0.407 e. The summed E-state index contributed by atoms with van der Waals surface area (Å²) >= 11 is 0. The lowest BCUT2D eigenvalue weighted by molar-refractivity contribution is 0.0696. The Balaban J connectivity index is 1.37. The lowest BCUT2D eigenvalue weighted by atomic mass is 9.98. The van der Waals surface area contributed by atoms with Crippen molar-refractivity contribution in [1.82, 2.24) is 5.32 Å². The maximum absolute atomic E-state index is 12.2. The van der Waals surface area contributed by atoms with E-state index in [4.69, 9.17) is 4.74 Å². The average molecular weight is 411 g/mol. The van der Waals surface area contributed by atoms with Gasteiger partial charge in [-0.05, 0) is 41.3 Å². The van der Waals surface area contributed by atoms with Crippen molar-refractivity contribution < 1.29 is 19.4 Å². The molecule has 0 bridgehead atoms. The molecule has 0 heterocycles. The van der Waals surface area contributed by atoms with Crippen LogP contribution in [-0.4, -0.2) is 30.3 Å². The van der Waals surface area contributed by atoms with Crippen molar-refractivity contribution in [1.29, 1.82) is 0 Å². The van der Waals surface area contributed by atoms with Crippen molar-refractivity contribution in [2.24, 2.45) is 0 Å². The van der Waals surface area contributed by atoms with E-state index < -0.39 is 12.1 Å². The Hall–Kier alpha value is -4.04.